The Morgan fingerprint density at radius 1 is 1.18 bits per heavy atom. The second kappa shape index (κ2) is 5.54. The summed E-state index contributed by atoms with van der Waals surface area (Å²) in [5.41, 5.74) is 4.06. The average Bonchev–Trinajstić information content (AvgIpc) is 2.35. The Kier molecular flexibility index (Phi) is 4.06. The third-order valence-electron chi connectivity index (χ3n) is 3.86. The van der Waals surface area contributed by atoms with Gasteiger partial charge in [-0.15, -0.1) is 0 Å². The lowest BCUT2D eigenvalue weighted by atomic mass is 9.89. The van der Waals surface area contributed by atoms with Crippen LogP contribution in [0.1, 0.15) is 29.5 Å². The van der Waals surface area contributed by atoms with Crippen molar-refractivity contribution in [3.8, 4) is 5.75 Å². The molecule has 17 heavy (non-hydrogen) atoms. The Hall–Kier alpha value is -1.02. The second-order valence-electron chi connectivity index (χ2n) is 5.15. The van der Waals surface area contributed by atoms with Crippen LogP contribution in [0.3, 0.4) is 0 Å². The predicted octanol–water partition coefficient (Wildman–Crippen LogP) is 2.85. The quantitative estimate of drug-likeness (QED) is 0.867. The fourth-order valence-corrected chi connectivity index (χ4v) is 2.60. The number of piperidine rings is 1. The molecule has 1 aliphatic rings. The van der Waals surface area contributed by atoms with Crippen molar-refractivity contribution in [1.82, 2.24) is 5.32 Å². The zero-order valence-electron chi connectivity index (χ0n) is 11.2. The van der Waals surface area contributed by atoms with Gasteiger partial charge < -0.3 is 10.1 Å². The molecule has 0 aromatic heterocycles. The molecule has 2 rings (SSSR count). The van der Waals surface area contributed by atoms with Gasteiger partial charge in [-0.2, -0.15) is 0 Å². The van der Waals surface area contributed by atoms with E-state index in [1.165, 1.54) is 29.5 Å². The van der Waals surface area contributed by atoms with Crippen molar-refractivity contribution in [2.45, 2.75) is 33.1 Å². The van der Waals surface area contributed by atoms with E-state index in [1.807, 2.05) is 0 Å². The molecule has 1 aromatic rings. The van der Waals surface area contributed by atoms with Gasteiger partial charge in [-0.3, -0.25) is 0 Å². The Bertz CT molecular complexity index is 381. The number of rotatable bonds is 3. The third-order valence-corrected chi connectivity index (χ3v) is 3.86. The monoisotopic (exact) mass is 233 g/mol. The molecule has 0 bridgehead atoms. The molecule has 1 heterocycles. The van der Waals surface area contributed by atoms with E-state index in [4.69, 9.17) is 4.74 Å². The first-order valence-electron chi connectivity index (χ1n) is 6.55. The molecule has 2 nitrogen and oxygen atoms in total. The van der Waals surface area contributed by atoms with Crippen molar-refractivity contribution in [1.29, 1.82) is 0 Å². The van der Waals surface area contributed by atoms with Gasteiger partial charge in [0.25, 0.3) is 0 Å². The summed E-state index contributed by atoms with van der Waals surface area (Å²) in [7, 11) is 1.77. The minimum absolute atomic E-state index is 0.812. The molecule has 0 spiro atoms. The number of hydrogen-bond acceptors (Lipinski definition) is 2. The summed E-state index contributed by atoms with van der Waals surface area (Å²) >= 11 is 0. The van der Waals surface area contributed by atoms with Gasteiger partial charge in [0, 0.05) is 0 Å². The van der Waals surface area contributed by atoms with Crippen LogP contribution >= 0.6 is 0 Å². The molecule has 0 aliphatic carbocycles. The largest absolute Gasteiger partial charge is 0.496 e. The maximum Gasteiger partial charge on any atom is 0.122 e. The van der Waals surface area contributed by atoms with E-state index in [1.54, 1.807) is 7.11 Å². The molecule has 0 saturated carbocycles. The van der Waals surface area contributed by atoms with E-state index in [0.717, 1.165) is 31.2 Å². The van der Waals surface area contributed by atoms with Crippen molar-refractivity contribution in [2.24, 2.45) is 5.92 Å². The van der Waals surface area contributed by atoms with Crippen molar-refractivity contribution in [3.05, 3.63) is 28.8 Å². The summed E-state index contributed by atoms with van der Waals surface area (Å²) in [6, 6.07) is 4.47. The van der Waals surface area contributed by atoms with E-state index in [9.17, 15) is 0 Å². The van der Waals surface area contributed by atoms with Gasteiger partial charge in [-0.1, -0.05) is 6.07 Å². The minimum atomic E-state index is 0.812. The minimum Gasteiger partial charge on any atom is -0.496 e. The van der Waals surface area contributed by atoms with E-state index in [2.05, 4.69) is 31.3 Å². The molecular weight excluding hydrogens is 210 g/mol. The molecule has 0 atom stereocenters. The Labute approximate surface area is 104 Å². The van der Waals surface area contributed by atoms with E-state index in [-0.39, 0.29) is 0 Å². The number of hydrogen-bond donors (Lipinski definition) is 1. The van der Waals surface area contributed by atoms with Crippen LogP contribution < -0.4 is 10.1 Å². The normalized spacial score (nSPS) is 17.1. The lowest BCUT2D eigenvalue weighted by Crippen LogP contribution is -2.28. The van der Waals surface area contributed by atoms with Crippen LogP contribution in [0.25, 0.3) is 0 Å². The first kappa shape index (κ1) is 12.4. The summed E-state index contributed by atoms with van der Waals surface area (Å²) in [5, 5.41) is 3.42. The summed E-state index contributed by atoms with van der Waals surface area (Å²) in [5.74, 6) is 1.87. The smallest absolute Gasteiger partial charge is 0.122 e. The van der Waals surface area contributed by atoms with Crippen LogP contribution in [0.15, 0.2) is 12.1 Å². The highest BCUT2D eigenvalue weighted by Gasteiger charge is 2.16. The van der Waals surface area contributed by atoms with Crippen LogP contribution in [0.2, 0.25) is 0 Å². The van der Waals surface area contributed by atoms with E-state index >= 15 is 0 Å². The molecule has 1 N–H and O–H groups in total. The van der Waals surface area contributed by atoms with Gasteiger partial charge >= 0.3 is 0 Å². The fourth-order valence-electron chi connectivity index (χ4n) is 2.60. The Balaban J connectivity index is 2.15. The number of methoxy groups -OCH3 is 1. The van der Waals surface area contributed by atoms with Crippen molar-refractivity contribution >= 4 is 0 Å². The Morgan fingerprint density at radius 2 is 1.82 bits per heavy atom. The van der Waals surface area contributed by atoms with Crippen LogP contribution in [-0.4, -0.2) is 20.2 Å². The van der Waals surface area contributed by atoms with Gasteiger partial charge in [-0.25, -0.2) is 0 Å². The summed E-state index contributed by atoms with van der Waals surface area (Å²) in [6.45, 7) is 6.66. The lowest BCUT2D eigenvalue weighted by Gasteiger charge is -2.23. The first-order chi connectivity index (χ1) is 8.20. The summed E-state index contributed by atoms with van der Waals surface area (Å²) in [4.78, 5) is 0. The predicted molar refractivity (Wildman–Crippen MR) is 71.8 cm³/mol. The number of aryl methyl sites for hydroxylation is 2. The standard InChI is InChI=1S/C15H23NO/c1-11-8-14(15(17-3)9-12(11)2)10-13-4-6-16-7-5-13/h8-9,13,16H,4-7,10H2,1-3H3. The van der Waals surface area contributed by atoms with Crippen LogP contribution in [-0.2, 0) is 6.42 Å². The van der Waals surface area contributed by atoms with Crippen LogP contribution in [0.4, 0.5) is 0 Å². The molecule has 0 unspecified atom stereocenters. The molecule has 1 aromatic carbocycles. The maximum atomic E-state index is 5.51. The molecule has 1 aliphatic heterocycles. The summed E-state index contributed by atoms with van der Waals surface area (Å²) in [6.07, 6.45) is 3.73. The van der Waals surface area contributed by atoms with Gasteiger partial charge in [-0.05, 0) is 74.9 Å². The van der Waals surface area contributed by atoms with Crippen molar-refractivity contribution < 1.29 is 4.74 Å². The number of ether oxygens (including phenoxy) is 1. The van der Waals surface area contributed by atoms with Crippen molar-refractivity contribution in [3.63, 3.8) is 0 Å². The highest BCUT2D eigenvalue weighted by Crippen LogP contribution is 2.27. The highest BCUT2D eigenvalue weighted by molar-refractivity contribution is 5.42. The molecule has 1 fully saturated rings. The fraction of sp³-hybridized carbons (Fsp3) is 0.600. The zero-order valence-corrected chi connectivity index (χ0v) is 11.2. The number of nitrogens with one attached hydrogen (secondary N) is 1. The maximum absolute atomic E-state index is 5.51. The molecule has 94 valence electrons. The number of benzene rings is 1. The van der Waals surface area contributed by atoms with Crippen molar-refractivity contribution in [2.75, 3.05) is 20.2 Å². The molecule has 1 saturated heterocycles. The first-order valence-corrected chi connectivity index (χ1v) is 6.55. The molecule has 2 heteroatoms. The lowest BCUT2D eigenvalue weighted by molar-refractivity contribution is 0.361. The zero-order chi connectivity index (χ0) is 12.3. The van der Waals surface area contributed by atoms with E-state index in [0.29, 0.717) is 0 Å². The Morgan fingerprint density at radius 3 is 2.47 bits per heavy atom. The highest BCUT2D eigenvalue weighted by atomic mass is 16.5. The molecule has 0 amide bonds. The van der Waals surface area contributed by atoms with Gasteiger partial charge in [0.05, 0.1) is 7.11 Å². The van der Waals surface area contributed by atoms with Gasteiger partial charge in [0.1, 0.15) is 5.75 Å². The second-order valence-corrected chi connectivity index (χ2v) is 5.15. The van der Waals surface area contributed by atoms with Gasteiger partial charge in [0.15, 0.2) is 0 Å². The van der Waals surface area contributed by atoms with Crippen LogP contribution in [0.5, 0.6) is 5.75 Å². The van der Waals surface area contributed by atoms with Crippen LogP contribution in [0, 0.1) is 19.8 Å². The molecule has 0 radical (unpaired) electrons. The van der Waals surface area contributed by atoms with Gasteiger partial charge in [0.2, 0.25) is 0 Å². The average molecular weight is 233 g/mol. The molecular formula is C15H23NO. The topological polar surface area (TPSA) is 21.3 Å². The summed E-state index contributed by atoms with van der Waals surface area (Å²) < 4.78 is 5.51. The SMILES string of the molecule is COc1cc(C)c(C)cc1CC1CCNCC1. The van der Waals surface area contributed by atoms with E-state index < -0.39 is 0 Å². The third kappa shape index (κ3) is 3.01.